The highest BCUT2D eigenvalue weighted by molar-refractivity contribution is 6.42. The van der Waals surface area contributed by atoms with E-state index in [9.17, 15) is 14.7 Å². The second-order valence-corrected chi connectivity index (χ2v) is 6.56. The van der Waals surface area contributed by atoms with Crippen LogP contribution < -0.4 is 5.73 Å². The van der Waals surface area contributed by atoms with Crippen LogP contribution in [0.5, 0.6) is 0 Å². The van der Waals surface area contributed by atoms with Crippen LogP contribution in [-0.2, 0) is 16.1 Å². The summed E-state index contributed by atoms with van der Waals surface area (Å²) in [6.45, 7) is 0.0987. The summed E-state index contributed by atoms with van der Waals surface area (Å²) in [5.74, 6) is -1.97. The molecule has 7 nitrogen and oxygen atoms in total. The summed E-state index contributed by atoms with van der Waals surface area (Å²) in [5.41, 5.74) is 5.74. The number of nitrogens with two attached hydrogens (primary N) is 1. The lowest BCUT2D eigenvalue weighted by Crippen LogP contribution is -2.50. The molecule has 3 rings (SSSR count). The van der Waals surface area contributed by atoms with Gasteiger partial charge in [0.2, 0.25) is 5.76 Å². The molecule has 26 heavy (non-hydrogen) atoms. The van der Waals surface area contributed by atoms with Gasteiger partial charge in [0.1, 0.15) is 5.76 Å². The number of furan rings is 1. The number of nitrogens with zero attached hydrogens (tertiary/aromatic N) is 2. The molecule has 0 fully saturated rings. The molecule has 1 aliphatic rings. The first-order valence-corrected chi connectivity index (χ1v) is 8.31. The number of aliphatic hydroxyl groups is 1. The molecule has 1 aliphatic heterocycles. The van der Waals surface area contributed by atoms with Gasteiger partial charge in [-0.1, -0.05) is 29.3 Å². The maximum absolute atomic E-state index is 12.7. The van der Waals surface area contributed by atoms with Gasteiger partial charge < -0.3 is 25.1 Å². The fourth-order valence-corrected chi connectivity index (χ4v) is 3.23. The van der Waals surface area contributed by atoms with E-state index in [1.54, 1.807) is 30.3 Å². The molecule has 2 amide bonds. The zero-order chi connectivity index (χ0) is 19.0. The van der Waals surface area contributed by atoms with Gasteiger partial charge in [0.15, 0.2) is 11.9 Å². The number of aliphatic hydroxyl groups excluding tert-OH is 1. The number of hydrogen-bond donors (Lipinski definition) is 2. The molecule has 1 aromatic carbocycles. The lowest BCUT2D eigenvalue weighted by molar-refractivity contribution is -0.142. The Bertz CT molecular complexity index is 895. The molecule has 2 heterocycles. The van der Waals surface area contributed by atoms with Gasteiger partial charge >= 0.3 is 0 Å². The first kappa shape index (κ1) is 18.2. The van der Waals surface area contributed by atoms with Crippen LogP contribution >= 0.6 is 23.2 Å². The van der Waals surface area contributed by atoms with E-state index < -0.39 is 23.7 Å². The van der Waals surface area contributed by atoms with Crippen molar-refractivity contribution in [3.05, 3.63) is 69.4 Å². The van der Waals surface area contributed by atoms with Crippen LogP contribution in [0.25, 0.3) is 0 Å². The molecule has 0 radical (unpaired) electrons. The minimum atomic E-state index is -0.913. The van der Waals surface area contributed by atoms with E-state index in [1.807, 2.05) is 0 Å². The highest BCUT2D eigenvalue weighted by Gasteiger charge is 2.42. The number of likely N-dealkylation sites (N-methyl/N-ethyl adjacent to an activating group) is 1. The Hall–Kier alpha value is -2.64. The van der Waals surface area contributed by atoms with Gasteiger partial charge in [0.25, 0.3) is 11.8 Å². The van der Waals surface area contributed by atoms with Crippen molar-refractivity contribution >= 4 is 35.0 Å². The smallest absolute Gasteiger partial charge is 0.293 e. The van der Waals surface area contributed by atoms with Gasteiger partial charge in [-0.15, -0.1) is 0 Å². The van der Waals surface area contributed by atoms with Crippen LogP contribution in [0.4, 0.5) is 0 Å². The zero-order valence-corrected chi connectivity index (χ0v) is 15.2. The fourth-order valence-electron chi connectivity index (χ4n) is 2.91. The fraction of sp³-hybridized carbons (Fsp3) is 0.176. The van der Waals surface area contributed by atoms with Gasteiger partial charge in [-0.25, -0.2) is 0 Å². The summed E-state index contributed by atoms with van der Waals surface area (Å²) in [7, 11) is 1.54. The van der Waals surface area contributed by atoms with Crippen molar-refractivity contribution in [3.63, 3.8) is 0 Å². The van der Waals surface area contributed by atoms with Crippen molar-refractivity contribution < 1.29 is 19.1 Å². The van der Waals surface area contributed by atoms with Gasteiger partial charge in [-0.2, -0.15) is 0 Å². The zero-order valence-electron chi connectivity index (χ0n) is 13.6. The van der Waals surface area contributed by atoms with Crippen LogP contribution in [0.3, 0.4) is 0 Å². The van der Waals surface area contributed by atoms with E-state index >= 15 is 0 Å². The first-order chi connectivity index (χ1) is 12.3. The maximum Gasteiger partial charge on any atom is 0.293 e. The lowest BCUT2D eigenvalue weighted by atomic mass is 10.1. The summed E-state index contributed by atoms with van der Waals surface area (Å²) in [6, 6.07) is 8.28. The monoisotopic (exact) mass is 395 g/mol. The Kier molecular flexibility index (Phi) is 4.84. The second kappa shape index (κ2) is 6.93. The van der Waals surface area contributed by atoms with E-state index in [0.29, 0.717) is 21.4 Å². The first-order valence-electron chi connectivity index (χ1n) is 7.55. The number of primary amides is 1. The topological polar surface area (TPSA) is 100 Å². The average molecular weight is 396 g/mol. The summed E-state index contributed by atoms with van der Waals surface area (Å²) in [6.07, 6.45) is 0.679. The molecule has 0 bridgehead atoms. The summed E-state index contributed by atoms with van der Waals surface area (Å²) in [4.78, 5) is 27.2. The number of carbonyl (C=O) groups excluding carboxylic acids is 2. The summed E-state index contributed by atoms with van der Waals surface area (Å²) in [5, 5.41) is 10.9. The molecule has 2 aromatic rings. The van der Waals surface area contributed by atoms with Crippen LogP contribution in [0, 0.1) is 0 Å². The maximum atomic E-state index is 12.7. The Morgan fingerprint density at radius 3 is 2.62 bits per heavy atom. The average Bonchev–Trinajstić information content (AvgIpc) is 3.09. The van der Waals surface area contributed by atoms with E-state index in [4.69, 9.17) is 33.4 Å². The van der Waals surface area contributed by atoms with Gasteiger partial charge in [0, 0.05) is 13.6 Å². The number of carbonyl (C=O) groups is 2. The Balaban J connectivity index is 2.06. The molecular formula is C17H15Cl2N3O4. The molecule has 0 saturated carbocycles. The van der Waals surface area contributed by atoms with Crippen LogP contribution in [0.15, 0.2) is 52.5 Å². The van der Waals surface area contributed by atoms with Crippen molar-refractivity contribution in [3.8, 4) is 0 Å². The normalized spacial score (nSPS) is 17.8. The molecule has 1 unspecified atom stereocenters. The van der Waals surface area contributed by atoms with E-state index in [-0.39, 0.29) is 12.2 Å². The van der Waals surface area contributed by atoms with Crippen molar-refractivity contribution in [1.82, 2.24) is 9.80 Å². The number of rotatable bonds is 4. The summed E-state index contributed by atoms with van der Waals surface area (Å²) < 4.78 is 5.43. The minimum absolute atomic E-state index is 0.0987. The second-order valence-electron chi connectivity index (χ2n) is 5.74. The Morgan fingerprint density at radius 2 is 2.04 bits per heavy atom. The predicted molar refractivity (Wildman–Crippen MR) is 95.1 cm³/mol. The third kappa shape index (κ3) is 3.11. The van der Waals surface area contributed by atoms with Gasteiger partial charge in [-0.05, 0) is 29.8 Å². The number of hydrogen-bond acceptors (Lipinski definition) is 5. The highest BCUT2D eigenvalue weighted by atomic mass is 35.5. The number of amides is 2. The summed E-state index contributed by atoms with van der Waals surface area (Å²) >= 11 is 12.0. The van der Waals surface area contributed by atoms with E-state index in [0.717, 1.165) is 0 Å². The van der Waals surface area contributed by atoms with Gasteiger partial charge in [0.05, 0.1) is 16.3 Å². The molecule has 1 atom stereocenters. The predicted octanol–water partition coefficient (Wildman–Crippen LogP) is 2.81. The molecule has 0 spiro atoms. The Morgan fingerprint density at radius 1 is 1.31 bits per heavy atom. The van der Waals surface area contributed by atoms with E-state index in [2.05, 4.69) is 0 Å². The van der Waals surface area contributed by atoms with Crippen LogP contribution in [0.2, 0.25) is 10.0 Å². The Labute approximate surface area is 159 Å². The van der Waals surface area contributed by atoms with Crippen molar-refractivity contribution in [2.75, 3.05) is 7.05 Å². The van der Waals surface area contributed by atoms with E-state index in [1.165, 1.54) is 23.1 Å². The lowest BCUT2D eigenvalue weighted by Gasteiger charge is -2.41. The van der Waals surface area contributed by atoms with Crippen molar-refractivity contribution in [2.45, 2.75) is 12.7 Å². The largest absolute Gasteiger partial charge is 0.501 e. The van der Waals surface area contributed by atoms with Gasteiger partial charge in [-0.3, -0.25) is 9.59 Å². The van der Waals surface area contributed by atoms with Crippen LogP contribution in [0.1, 0.15) is 17.5 Å². The molecule has 0 saturated heterocycles. The molecular weight excluding hydrogens is 381 g/mol. The third-order valence-electron chi connectivity index (χ3n) is 4.07. The third-order valence-corrected chi connectivity index (χ3v) is 4.81. The standard InChI is InChI=1S/C17H15Cl2N3O4/c1-21-13(15(20)24)14(23)17(25)22(16(21)12-3-2-6-26-12)8-9-4-5-10(18)11(19)7-9/h2-7,16,23H,8H2,1H3,(H2,20,24). The molecule has 1 aromatic heterocycles. The SMILES string of the molecule is CN1C(C(N)=O)=C(O)C(=O)N(Cc2ccc(Cl)c(Cl)c2)C1c1ccco1. The molecule has 136 valence electrons. The number of halogens is 2. The van der Waals surface area contributed by atoms with Crippen molar-refractivity contribution in [1.29, 1.82) is 0 Å². The minimum Gasteiger partial charge on any atom is -0.501 e. The van der Waals surface area contributed by atoms with Crippen LogP contribution in [-0.4, -0.2) is 33.8 Å². The quantitative estimate of drug-likeness (QED) is 0.828. The molecule has 9 heteroatoms. The van der Waals surface area contributed by atoms with Crippen molar-refractivity contribution in [2.24, 2.45) is 5.73 Å². The highest BCUT2D eigenvalue weighted by Crippen LogP contribution is 2.35. The molecule has 3 N–H and O–H groups in total. The number of benzene rings is 1. The molecule has 0 aliphatic carbocycles.